The number of nitrogens with zero attached hydrogens (tertiary/aromatic N) is 2. The first-order valence-corrected chi connectivity index (χ1v) is 13.7. The molecule has 0 fully saturated rings. The molecule has 190 valence electrons. The lowest BCUT2D eigenvalue weighted by Gasteiger charge is -2.36. The molecule has 1 aromatic heterocycles. The molecular formula is C37H26N2O. The van der Waals surface area contributed by atoms with Crippen LogP contribution >= 0.6 is 0 Å². The summed E-state index contributed by atoms with van der Waals surface area (Å²) in [5.41, 5.74) is 6.72. The van der Waals surface area contributed by atoms with Crippen molar-refractivity contribution in [3.8, 4) is 22.3 Å². The summed E-state index contributed by atoms with van der Waals surface area (Å²) >= 11 is 0. The van der Waals surface area contributed by atoms with Gasteiger partial charge in [0.05, 0.1) is 11.6 Å². The summed E-state index contributed by atoms with van der Waals surface area (Å²) in [6.45, 7) is 2.16. The van der Waals surface area contributed by atoms with Gasteiger partial charge in [-0.25, -0.2) is 0 Å². The summed E-state index contributed by atoms with van der Waals surface area (Å²) in [6.07, 6.45) is 6.35. The number of benzene rings is 5. The van der Waals surface area contributed by atoms with Gasteiger partial charge in [-0.15, -0.1) is 0 Å². The smallest absolute Gasteiger partial charge is 0.261 e. The summed E-state index contributed by atoms with van der Waals surface area (Å²) in [5.74, 6) is 0. The Morgan fingerprint density at radius 3 is 2.00 bits per heavy atom. The first-order chi connectivity index (χ1) is 19.6. The van der Waals surface area contributed by atoms with E-state index in [2.05, 4.69) is 110 Å². The zero-order valence-electron chi connectivity index (χ0n) is 22.1. The average Bonchev–Trinajstić information content (AvgIpc) is 3.33. The second kappa shape index (κ2) is 8.49. The molecule has 0 amide bonds. The molecule has 8 rings (SSSR count). The fourth-order valence-corrected chi connectivity index (χ4v) is 6.73. The molecule has 0 saturated carbocycles. The third kappa shape index (κ3) is 3.12. The van der Waals surface area contributed by atoms with Gasteiger partial charge in [-0.05, 0) is 63.9 Å². The lowest BCUT2D eigenvalue weighted by molar-refractivity contribution is 0.407. The molecular weight excluding hydrogens is 488 g/mol. The van der Waals surface area contributed by atoms with Crippen LogP contribution in [0.25, 0.3) is 49.4 Å². The van der Waals surface area contributed by atoms with Crippen LogP contribution in [0.5, 0.6) is 0 Å². The predicted octanol–water partition coefficient (Wildman–Crippen LogP) is 7.58. The molecule has 3 nitrogen and oxygen atoms in total. The molecule has 1 aliphatic carbocycles. The minimum Gasteiger partial charge on any atom is -0.280 e. The standard InChI is InChI=1S/C37H26N2O/c1-37-32(26-16-9-4-10-17-26)18-11-19-33(37)38-35-29-21-20-28(25-14-7-3-8-15-25)30-22-27(24-12-5-2-6-13-24)23-31(34(29)30)36(40)39(35)37/h2-23,33H,1H3. The normalized spacial score (nSPS) is 19.3. The first-order valence-electron chi connectivity index (χ1n) is 13.7. The van der Waals surface area contributed by atoms with Crippen LogP contribution in [0, 0.1) is 0 Å². The topological polar surface area (TPSA) is 34.4 Å². The van der Waals surface area contributed by atoms with Gasteiger partial charge in [-0.1, -0.05) is 115 Å². The van der Waals surface area contributed by atoms with Gasteiger partial charge in [0.25, 0.3) is 5.56 Å². The van der Waals surface area contributed by atoms with Crippen LogP contribution in [0.4, 0.5) is 0 Å². The van der Waals surface area contributed by atoms with Crippen molar-refractivity contribution in [2.24, 2.45) is 4.99 Å². The first kappa shape index (κ1) is 22.9. The molecule has 1 aliphatic heterocycles. The van der Waals surface area contributed by atoms with E-state index in [9.17, 15) is 4.79 Å². The highest BCUT2D eigenvalue weighted by atomic mass is 16.1. The number of fused-ring (bicyclic) bond motifs is 4. The van der Waals surface area contributed by atoms with Crippen LogP contribution in [0.2, 0.25) is 0 Å². The van der Waals surface area contributed by atoms with Crippen LogP contribution < -0.4 is 11.0 Å². The van der Waals surface area contributed by atoms with Crippen molar-refractivity contribution in [2.45, 2.75) is 18.5 Å². The van der Waals surface area contributed by atoms with Crippen molar-refractivity contribution in [3.63, 3.8) is 0 Å². The molecule has 0 bridgehead atoms. The molecule has 0 N–H and O–H groups in total. The van der Waals surface area contributed by atoms with Crippen LogP contribution in [-0.4, -0.2) is 10.6 Å². The number of aromatic nitrogens is 1. The van der Waals surface area contributed by atoms with E-state index in [1.807, 2.05) is 34.9 Å². The van der Waals surface area contributed by atoms with Gasteiger partial charge in [0.1, 0.15) is 5.49 Å². The monoisotopic (exact) mass is 514 g/mol. The van der Waals surface area contributed by atoms with Crippen molar-refractivity contribution in [3.05, 3.63) is 155 Å². The minimum atomic E-state index is -0.632. The number of pyridine rings is 1. The molecule has 40 heavy (non-hydrogen) atoms. The molecule has 2 unspecified atom stereocenters. The van der Waals surface area contributed by atoms with Crippen molar-refractivity contribution in [1.29, 1.82) is 0 Å². The third-order valence-electron chi connectivity index (χ3n) is 8.68. The third-order valence-corrected chi connectivity index (χ3v) is 8.68. The Balaban J connectivity index is 1.51. The van der Waals surface area contributed by atoms with Crippen molar-refractivity contribution >= 4 is 27.1 Å². The lowest BCUT2D eigenvalue weighted by atomic mass is 9.78. The maximum atomic E-state index is 14.7. The van der Waals surface area contributed by atoms with E-state index in [1.54, 1.807) is 0 Å². The number of rotatable bonds is 3. The van der Waals surface area contributed by atoms with Gasteiger partial charge >= 0.3 is 0 Å². The molecule has 3 heteroatoms. The Labute approximate surface area is 232 Å². The van der Waals surface area contributed by atoms with Crippen molar-refractivity contribution < 1.29 is 0 Å². The zero-order valence-corrected chi connectivity index (χ0v) is 22.1. The SMILES string of the molecule is CC12C(c3ccccc3)=CC=CC1N=c1c3ccc(-c4ccccc4)c4cc(-c5ccccc5)cc(c(=O)n12)c43. The molecule has 0 spiro atoms. The second-order valence-corrected chi connectivity index (χ2v) is 10.9. The van der Waals surface area contributed by atoms with Crippen LogP contribution in [-0.2, 0) is 5.54 Å². The summed E-state index contributed by atoms with van der Waals surface area (Å²) < 4.78 is 1.97. The Kier molecular flexibility index (Phi) is 4.86. The highest BCUT2D eigenvalue weighted by Gasteiger charge is 2.46. The number of hydrogen-bond donors (Lipinski definition) is 0. The van der Waals surface area contributed by atoms with E-state index in [0.29, 0.717) is 0 Å². The molecule has 6 aromatic rings. The highest BCUT2D eigenvalue weighted by Crippen LogP contribution is 2.43. The fraction of sp³-hybridized carbons (Fsp3) is 0.0811. The van der Waals surface area contributed by atoms with E-state index in [4.69, 9.17) is 4.99 Å². The van der Waals surface area contributed by atoms with Crippen molar-refractivity contribution in [1.82, 2.24) is 4.57 Å². The number of hydrogen-bond acceptors (Lipinski definition) is 2. The van der Waals surface area contributed by atoms with Crippen LogP contribution in [0.3, 0.4) is 0 Å². The Hall–Kier alpha value is -5.02. The molecule has 5 aromatic carbocycles. The quantitative estimate of drug-likeness (QED) is 0.240. The van der Waals surface area contributed by atoms with E-state index in [-0.39, 0.29) is 11.6 Å². The highest BCUT2D eigenvalue weighted by molar-refractivity contribution is 6.16. The van der Waals surface area contributed by atoms with Gasteiger partial charge in [0.15, 0.2) is 0 Å². The summed E-state index contributed by atoms with van der Waals surface area (Å²) in [6, 6.07) is 39.6. The largest absolute Gasteiger partial charge is 0.280 e. The van der Waals surface area contributed by atoms with Gasteiger partial charge in [0.2, 0.25) is 0 Å². The fourth-order valence-electron chi connectivity index (χ4n) is 6.73. The summed E-state index contributed by atoms with van der Waals surface area (Å²) in [7, 11) is 0. The molecule has 2 aliphatic rings. The lowest BCUT2D eigenvalue weighted by Crippen LogP contribution is -2.48. The molecule has 0 radical (unpaired) electrons. The van der Waals surface area contributed by atoms with Gasteiger partial charge in [-0.2, -0.15) is 0 Å². The van der Waals surface area contributed by atoms with E-state index < -0.39 is 5.54 Å². The minimum absolute atomic E-state index is 0.00127. The van der Waals surface area contributed by atoms with Gasteiger partial charge < -0.3 is 0 Å². The molecule has 0 saturated heterocycles. The second-order valence-electron chi connectivity index (χ2n) is 10.9. The zero-order chi connectivity index (χ0) is 26.8. The van der Waals surface area contributed by atoms with Crippen molar-refractivity contribution in [2.75, 3.05) is 0 Å². The summed E-state index contributed by atoms with van der Waals surface area (Å²) in [5, 5.41) is 3.80. The van der Waals surface area contributed by atoms with E-state index in [0.717, 1.165) is 60.4 Å². The van der Waals surface area contributed by atoms with Gasteiger partial charge in [-0.3, -0.25) is 14.4 Å². The van der Waals surface area contributed by atoms with Gasteiger partial charge in [0, 0.05) is 16.2 Å². The molecule has 2 heterocycles. The maximum Gasteiger partial charge on any atom is 0.261 e. The van der Waals surface area contributed by atoms with E-state index in [1.165, 1.54) is 0 Å². The summed E-state index contributed by atoms with van der Waals surface area (Å²) in [4.78, 5) is 20.0. The Bertz CT molecular complexity index is 2120. The van der Waals surface area contributed by atoms with Crippen LogP contribution in [0.15, 0.2) is 143 Å². The average molecular weight is 515 g/mol. The van der Waals surface area contributed by atoms with Crippen LogP contribution in [0.1, 0.15) is 12.5 Å². The predicted molar refractivity (Wildman–Crippen MR) is 164 cm³/mol. The number of allylic oxidation sites excluding steroid dienone is 2. The Morgan fingerprint density at radius 1 is 0.675 bits per heavy atom. The Morgan fingerprint density at radius 2 is 1.30 bits per heavy atom. The molecule has 2 atom stereocenters. The maximum absolute atomic E-state index is 14.7. The van der Waals surface area contributed by atoms with E-state index >= 15 is 0 Å².